The Bertz CT molecular complexity index is 241. The predicted octanol–water partition coefficient (Wildman–Crippen LogP) is 2.66. The molecule has 0 amide bonds. The van der Waals surface area contributed by atoms with Gasteiger partial charge in [-0.3, -0.25) is 0 Å². The van der Waals surface area contributed by atoms with E-state index >= 15 is 0 Å². The monoisotopic (exact) mass is 268 g/mol. The molecule has 1 N–H and O–H groups in total. The maximum absolute atomic E-state index is 5.83. The number of hydrogen-bond donors (Lipinski definition) is 1. The van der Waals surface area contributed by atoms with Gasteiger partial charge in [-0.1, -0.05) is 13.3 Å². The van der Waals surface area contributed by atoms with Crippen molar-refractivity contribution in [3.63, 3.8) is 0 Å². The zero-order chi connectivity index (χ0) is 13.5. The molecule has 112 valence electrons. The Hall–Kier alpha value is -0.120. The van der Waals surface area contributed by atoms with Crippen molar-refractivity contribution in [3.8, 4) is 0 Å². The molecule has 3 atom stereocenters. The SMILES string of the molecule is CCNC1CCCC1CCN(C)CC1CCCCO1. The minimum Gasteiger partial charge on any atom is -0.377 e. The molecule has 0 spiro atoms. The second-order valence-corrected chi connectivity index (χ2v) is 6.39. The zero-order valence-corrected chi connectivity index (χ0v) is 12.9. The number of rotatable bonds is 7. The van der Waals surface area contributed by atoms with Gasteiger partial charge in [-0.2, -0.15) is 0 Å². The van der Waals surface area contributed by atoms with Crippen LogP contribution in [0.5, 0.6) is 0 Å². The van der Waals surface area contributed by atoms with Gasteiger partial charge in [0.15, 0.2) is 0 Å². The first-order valence-electron chi connectivity index (χ1n) is 8.33. The maximum atomic E-state index is 5.83. The molecule has 3 unspecified atom stereocenters. The summed E-state index contributed by atoms with van der Waals surface area (Å²) in [5, 5.41) is 3.66. The Morgan fingerprint density at radius 1 is 1.16 bits per heavy atom. The molecule has 0 radical (unpaired) electrons. The van der Waals surface area contributed by atoms with E-state index in [2.05, 4.69) is 24.2 Å². The Balaban J connectivity index is 1.63. The molecule has 2 aliphatic rings. The van der Waals surface area contributed by atoms with Crippen LogP contribution in [0, 0.1) is 5.92 Å². The van der Waals surface area contributed by atoms with E-state index in [1.54, 1.807) is 0 Å². The Morgan fingerprint density at radius 3 is 2.79 bits per heavy atom. The summed E-state index contributed by atoms with van der Waals surface area (Å²) in [5.41, 5.74) is 0. The summed E-state index contributed by atoms with van der Waals surface area (Å²) in [5.74, 6) is 0.898. The van der Waals surface area contributed by atoms with Crippen LogP contribution in [0.3, 0.4) is 0 Å². The molecule has 1 saturated carbocycles. The van der Waals surface area contributed by atoms with Crippen molar-refractivity contribution < 1.29 is 4.74 Å². The van der Waals surface area contributed by atoms with Gasteiger partial charge in [-0.15, -0.1) is 0 Å². The molecule has 1 heterocycles. The third kappa shape index (κ3) is 5.05. The Morgan fingerprint density at radius 2 is 2.05 bits per heavy atom. The van der Waals surface area contributed by atoms with Crippen LogP contribution in [-0.2, 0) is 4.74 Å². The maximum Gasteiger partial charge on any atom is 0.0701 e. The van der Waals surface area contributed by atoms with Crippen LogP contribution in [0.2, 0.25) is 0 Å². The van der Waals surface area contributed by atoms with Gasteiger partial charge in [0.25, 0.3) is 0 Å². The Labute approximate surface area is 119 Å². The first-order chi connectivity index (χ1) is 9.29. The minimum atomic E-state index is 0.492. The average Bonchev–Trinajstić information content (AvgIpc) is 2.85. The molecule has 3 nitrogen and oxygen atoms in total. The molecule has 2 rings (SSSR count). The van der Waals surface area contributed by atoms with Crippen molar-refractivity contribution in [1.82, 2.24) is 10.2 Å². The normalized spacial score (nSPS) is 32.1. The molecule has 1 saturated heterocycles. The standard InChI is InChI=1S/C16H32N2O/c1-3-17-16-9-6-7-14(16)10-11-18(2)13-15-8-4-5-12-19-15/h14-17H,3-13H2,1-2H3. The van der Waals surface area contributed by atoms with Gasteiger partial charge >= 0.3 is 0 Å². The van der Waals surface area contributed by atoms with Gasteiger partial charge in [0.05, 0.1) is 6.10 Å². The molecule has 19 heavy (non-hydrogen) atoms. The molecule has 0 bridgehead atoms. The topological polar surface area (TPSA) is 24.5 Å². The second kappa shape index (κ2) is 8.23. The van der Waals surface area contributed by atoms with Crippen LogP contribution in [0.15, 0.2) is 0 Å². The largest absolute Gasteiger partial charge is 0.377 e. The molecular weight excluding hydrogens is 236 g/mol. The molecule has 0 aromatic rings. The molecule has 0 aromatic carbocycles. The highest BCUT2D eigenvalue weighted by Crippen LogP contribution is 2.28. The molecular formula is C16H32N2O. The van der Waals surface area contributed by atoms with Crippen molar-refractivity contribution in [2.75, 3.05) is 33.3 Å². The van der Waals surface area contributed by atoms with Crippen LogP contribution < -0.4 is 5.32 Å². The van der Waals surface area contributed by atoms with Crippen molar-refractivity contribution >= 4 is 0 Å². The van der Waals surface area contributed by atoms with E-state index in [0.29, 0.717) is 6.10 Å². The lowest BCUT2D eigenvalue weighted by Crippen LogP contribution is -2.37. The molecule has 1 aliphatic heterocycles. The van der Waals surface area contributed by atoms with Gasteiger partial charge in [0.1, 0.15) is 0 Å². The fourth-order valence-corrected chi connectivity index (χ4v) is 3.69. The van der Waals surface area contributed by atoms with E-state index in [1.807, 2.05) is 0 Å². The van der Waals surface area contributed by atoms with Crippen molar-refractivity contribution in [3.05, 3.63) is 0 Å². The van der Waals surface area contributed by atoms with Crippen LogP contribution in [0.25, 0.3) is 0 Å². The van der Waals surface area contributed by atoms with Crippen LogP contribution >= 0.6 is 0 Å². The van der Waals surface area contributed by atoms with Crippen LogP contribution in [0.1, 0.15) is 51.9 Å². The highest BCUT2D eigenvalue weighted by Gasteiger charge is 2.26. The molecule has 1 aliphatic carbocycles. The van der Waals surface area contributed by atoms with E-state index in [0.717, 1.165) is 31.7 Å². The predicted molar refractivity (Wildman–Crippen MR) is 80.5 cm³/mol. The van der Waals surface area contributed by atoms with Crippen LogP contribution in [-0.4, -0.2) is 50.3 Å². The van der Waals surface area contributed by atoms with Gasteiger partial charge in [0, 0.05) is 19.2 Å². The van der Waals surface area contributed by atoms with Gasteiger partial charge in [0.2, 0.25) is 0 Å². The number of ether oxygens (including phenoxy) is 1. The zero-order valence-electron chi connectivity index (χ0n) is 12.9. The van der Waals surface area contributed by atoms with E-state index in [-0.39, 0.29) is 0 Å². The quantitative estimate of drug-likeness (QED) is 0.768. The molecule has 2 fully saturated rings. The summed E-state index contributed by atoms with van der Waals surface area (Å²) < 4.78 is 5.83. The van der Waals surface area contributed by atoms with Crippen molar-refractivity contribution in [2.45, 2.75) is 64.0 Å². The lowest BCUT2D eigenvalue weighted by Gasteiger charge is -2.29. The second-order valence-electron chi connectivity index (χ2n) is 6.39. The summed E-state index contributed by atoms with van der Waals surface area (Å²) in [6, 6.07) is 0.782. The highest BCUT2D eigenvalue weighted by atomic mass is 16.5. The first kappa shape index (κ1) is 15.3. The van der Waals surface area contributed by atoms with E-state index in [4.69, 9.17) is 4.74 Å². The lowest BCUT2D eigenvalue weighted by molar-refractivity contribution is -0.00216. The number of nitrogens with zero attached hydrogens (tertiary/aromatic N) is 1. The van der Waals surface area contributed by atoms with E-state index in [9.17, 15) is 0 Å². The van der Waals surface area contributed by atoms with E-state index in [1.165, 1.54) is 51.5 Å². The Kier molecular flexibility index (Phi) is 6.62. The molecule has 0 aromatic heterocycles. The average molecular weight is 268 g/mol. The summed E-state index contributed by atoms with van der Waals surface area (Å²) in [7, 11) is 2.26. The smallest absolute Gasteiger partial charge is 0.0701 e. The summed E-state index contributed by atoms with van der Waals surface area (Å²) in [6.45, 7) is 6.67. The third-order valence-corrected chi connectivity index (χ3v) is 4.80. The third-order valence-electron chi connectivity index (χ3n) is 4.80. The van der Waals surface area contributed by atoms with Crippen molar-refractivity contribution in [2.24, 2.45) is 5.92 Å². The van der Waals surface area contributed by atoms with Gasteiger partial charge < -0.3 is 15.0 Å². The summed E-state index contributed by atoms with van der Waals surface area (Å²) in [6.07, 6.45) is 9.93. The van der Waals surface area contributed by atoms with Gasteiger partial charge in [-0.25, -0.2) is 0 Å². The fourth-order valence-electron chi connectivity index (χ4n) is 3.69. The molecule has 3 heteroatoms. The fraction of sp³-hybridized carbons (Fsp3) is 1.00. The number of likely N-dealkylation sites (N-methyl/N-ethyl adjacent to an activating group) is 1. The highest BCUT2D eigenvalue weighted by molar-refractivity contribution is 4.83. The van der Waals surface area contributed by atoms with Gasteiger partial charge in [-0.05, 0) is 64.6 Å². The summed E-state index contributed by atoms with van der Waals surface area (Å²) >= 11 is 0. The number of hydrogen-bond acceptors (Lipinski definition) is 3. The first-order valence-corrected chi connectivity index (χ1v) is 8.33. The van der Waals surface area contributed by atoms with E-state index < -0.39 is 0 Å². The minimum absolute atomic E-state index is 0.492. The lowest BCUT2D eigenvalue weighted by atomic mass is 9.99. The number of nitrogens with one attached hydrogen (secondary N) is 1. The summed E-state index contributed by atoms with van der Waals surface area (Å²) in [4.78, 5) is 2.48. The van der Waals surface area contributed by atoms with Crippen LogP contribution in [0.4, 0.5) is 0 Å². The van der Waals surface area contributed by atoms with Crippen molar-refractivity contribution in [1.29, 1.82) is 0 Å².